The summed E-state index contributed by atoms with van der Waals surface area (Å²) in [6.45, 7) is 10.0. The zero-order valence-electron chi connectivity index (χ0n) is 16.9. The van der Waals surface area contributed by atoms with Gasteiger partial charge in [0.2, 0.25) is 5.82 Å². The molecule has 3 aromatic rings. The van der Waals surface area contributed by atoms with Gasteiger partial charge >= 0.3 is 0 Å². The Morgan fingerprint density at radius 2 is 1.79 bits per heavy atom. The van der Waals surface area contributed by atoms with Crippen LogP contribution in [-0.4, -0.2) is 22.8 Å². The Labute approximate surface area is 164 Å². The first-order valence-corrected chi connectivity index (χ1v) is 9.28. The van der Waals surface area contributed by atoms with Crippen LogP contribution < -0.4 is 10.1 Å². The summed E-state index contributed by atoms with van der Waals surface area (Å²) in [6.07, 6.45) is 0. The predicted molar refractivity (Wildman–Crippen MR) is 109 cm³/mol. The van der Waals surface area contributed by atoms with Gasteiger partial charge in [-0.1, -0.05) is 43.7 Å². The highest BCUT2D eigenvalue weighted by atomic mass is 16.6. The van der Waals surface area contributed by atoms with E-state index in [4.69, 9.17) is 9.37 Å². The summed E-state index contributed by atoms with van der Waals surface area (Å²) < 4.78 is 10.7. The Kier molecular flexibility index (Phi) is 5.78. The first-order valence-electron chi connectivity index (χ1n) is 9.28. The fourth-order valence-corrected chi connectivity index (χ4v) is 2.99. The van der Waals surface area contributed by atoms with Gasteiger partial charge < -0.3 is 10.1 Å². The number of hydrogen-bond donors (Lipinski definition) is 1. The molecule has 0 aliphatic heterocycles. The quantitative estimate of drug-likeness (QED) is 0.665. The van der Waals surface area contributed by atoms with Crippen molar-refractivity contribution in [1.29, 1.82) is 0 Å². The van der Waals surface area contributed by atoms with Crippen LogP contribution in [0, 0.1) is 20.8 Å². The standard InChI is InChI=1S/C22H25N3O3/c1-13(2)17-9-7-15(4)11-19(17)27-12-20(26)23-22-21(24-28-25-22)18-10-14(3)6-8-16(18)5/h6-11,13H,12H2,1-5H3,(H,23,25,26). The number of rotatable bonds is 6. The maximum absolute atomic E-state index is 12.4. The molecule has 1 heterocycles. The summed E-state index contributed by atoms with van der Waals surface area (Å²) >= 11 is 0. The number of hydrogen-bond acceptors (Lipinski definition) is 5. The van der Waals surface area contributed by atoms with Crippen molar-refractivity contribution >= 4 is 11.7 Å². The second-order valence-electron chi connectivity index (χ2n) is 7.31. The van der Waals surface area contributed by atoms with E-state index in [-0.39, 0.29) is 18.3 Å². The van der Waals surface area contributed by atoms with Crippen LogP contribution in [0.2, 0.25) is 0 Å². The van der Waals surface area contributed by atoms with Gasteiger partial charge in [-0.25, -0.2) is 4.63 Å². The molecule has 0 saturated carbocycles. The Balaban J connectivity index is 1.73. The van der Waals surface area contributed by atoms with Crippen molar-refractivity contribution in [3.8, 4) is 17.0 Å². The number of nitrogens with one attached hydrogen (secondary N) is 1. The van der Waals surface area contributed by atoms with Crippen LogP contribution in [0.25, 0.3) is 11.3 Å². The van der Waals surface area contributed by atoms with E-state index in [1.807, 2.05) is 57.2 Å². The van der Waals surface area contributed by atoms with Gasteiger partial charge in [-0.3, -0.25) is 4.79 Å². The summed E-state index contributed by atoms with van der Waals surface area (Å²) in [5.41, 5.74) is 5.64. The number of aryl methyl sites for hydroxylation is 3. The maximum atomic E-state index is 12.4. The predicted octanol–water partition coefficient (Wildman–Crippen LogP) is 4.80. The molecule has 0 atom stereocenters. The van der Waals surface area contributed by atoms with Gasteiger partial charge in [0.1, 0.15) is 5.75 Å². The first-order chi connectivity index (χ1) is 13.3. The molecule has 146 valence electrons. The SMILES string of the molecule is Cc1ccc(C(C)C)c(OCC(=O)Nc2nonc2-c2cc(C)ccc2C)c1. The minimum absolute atomic E-state index is 0.123. The lowest BCUT2D eigenvalue weighted by molar-refractivity contribution is -0.118. The van der Waals surface area contributed by atoms with Crippen LogP contribution in [0.3, 0.4) is 0 Å². The van der Waals surface area contributed by atoms with E-state index in [2.05, 4.69) is 29.5 Å². The molecule has 0 unspecified atom stereocenters. The molecule has 6 heteroatoms. The molecule has 1 N–H and O–H groups in total. The van der Waals surface area contributed by atoms with E-state index in [9.17, 15) is 4.79 Å². The zero-order valence-corrected chi connectivity index (χ0v) is 16.9. The summed E-state index contributed by atoms with van der Waals surface area (Å²) in [4.78, 5) is 12.4. The molecule has 2 aromatic carbocycles. The number of ether oxygens (including phenoxy) is 1. The van der Waals surface area contributed by atoms with Crippen LogP contribution in [0.4, 0.5) is 5.82 Å². The number of nitrogens with zero attached hydrogens (tertiary/aromatic N) is 2. The van der Waals surface area contributed by atoms with E-state index in [0.29, 0.717) is 11.6 Å². The molecular weight excluding hydrogens is 354 g/mol. The summed E-state index contributed by atoms with van der Waals surface area (Å²) in [5, 5.41) is 10.5. The van der Waals surface area contributed by atoms with Crippen LogP contribution in [0.5, 0.6) is 5.75 Å². The third-order valence-electron chi connectivity index (χ3n) is 4.54. The van der Waals surface area contributed by atoms with Gasteiger partial charge in [0.05, 0.1) is 0 Å². The molecule has 0 aliphatic rings. The monoisotopic (exact) mass is 379 g/mol. The normalized spacial score (nSPS) is 10.9. The third-order valence-corrected chi connectivity index (χ3v) is 4.54. The minimum Gasteiger partial charge on any atom is -0.483 e. The van der Waals surface area contributed by atoms with E-state index < -0.39 is 0 Å². The van der Waals surface area contributed by atoms with Crippen LogP contribution in [0.15, 0.2) is 41.0 Å². The van der Waals surface area contributed by atoms with Crippen LogP contribution >= 0.6 is 0 Å². The van der Waals surface area contributed by atoms with Gasteiger partial charge in [0, 0.05) is 5.56 Å². The smallest absolute Gasteiger partial charge is 0.263 e. The van der Waals surface area contributed by atoms with Crippen LogP contribution in [-0.2, 0) is 4.79 Å². The van der Waals surface area contributed by atoms with Crippen molar-refractivity contribution in [2.45, 2.75) is 40.5 Å². The second kappa shape index (κ2) is 8.25. The fourth-order valence-electron chi connectivity index (χ4n) is 2.99. The molecule has 6 nitrogen and oxygen atoms in total. The van der Waals surface area contributed by atoms with Crippen LogP contribution in [0.1, 0.15) is 42.0 Å². The van der Waals surface area contributed by atoms with Gasteiger partial charge in [0.25, 0.3) is 5.91 Å². The number of amides is 1. The lowest BCUT2D eigenvalue weighted by Gasteiger charge is -2.14. The van der Waals surface area contributed by atoms with E-state index in [0.717, 1.165) is 33.6 Å². The molecule has 0 bridgehead atoms. The summed E-state index contributed by atoms with van der Waals surface area (Å²) in [7, 11) is 0. The zero-order chi connectivity index (χ0) is 20.3. The summed E-state index contributed by atoms with van der Waals surface area (Å²) in [6, 6.07) is 12.0. The van der Waals surface area contributed by atoms with Crippen molar-refractivity contribution in [2.75, 3.05) is 11.9 Å². The van der Waals surface area contributed by atoms with Gasteiger partial charge in [-0.15, -0.1) is 0 Å². The van der Waals surface area contributed by atoms with Crippen molar-refractivity contribution in [2.24, 2.45) is 0 Å². The molecule has 0 aliphatic carbocycles. The molecule has 1 amide bonds. The van der Waals surface area contributed by atoms with Crippen molar-refractivity contribution in [1.82, 2.24) is 10.3 Å². The number of benzene rings is 2. The maximum Gasteiger partial charge on any atom is 0.263 e. The lowest BCUT2D eigenvalue weighted by Crippen LogP contribution is -2.21. The minimum atomic E-state index is -0.321. The molecule has 0 fully saturated rings. The number of aromatic nitrogens is 2. The van der Waals surface area contributed by atoms with Gasteiger partial charge in [-0.2, -0.15) is 0 Å². The number of anilines is 1. The highest BCUT2D eigenvalue weighted by Crippen LogP contribution is 2.29. The lowest BCUT2D eigenvalue weighted by atomic mass is 10.0. The Bertz CT molecular complexity index is 992. The highest BCUT2D eigenvalue weighted by Gasteiger charge is 2.18. The first kappa shape index (κ1) is 19.6. The topological polar surface area (TPSA) is 77.2 Å². The molecule has 3 rings (SSSR count). The average molecular weight is 379 g/mol. The molecule has 0 spiro atoms. The molecule has 0 saturated heterocycles. The second-order valence-corrected chi connectivity index (χ2v) is 7.31. The van der Waals surface area contributed by atoms with Crippen molar-refractivity contribution < 1.29 is 14.2 Å². The Hall–Kier alpha value is -3.15. The van der Waals surface area contributed by atoms with E-state index in [1.54, 1.807) is 0 Å². The van der Waals surface area contributed by atoms with E-state index in [1.165, 1.54) is 0 Å². The third kappa shape index (κ3) is 4.39. The fraction of sp³-hybridized carbons (Fsp3) is 0.318. The Morgan fingerprint density at radius 1 is 1.07 bits per heavy atom. The van der Waals surface area contributed by atoms with Gasteiger partial charge in [0.15, 0.2) is 12.3 Å². The van der Waals surface area contributed by atoms with Crippen molar-refractivity contribution in [3.05, 3.63) is 58.7 Å². The molecule has 1 aromatic heterocycles. The molecule has 0 radical (unpaired) electrons. The van der Waals surface area contributed by atoms with E-state index >= 15 is 0 Å². The number of carbonyl (C=O) groups excluding carboxylic acids is 1. The molecular formula is C22H25N3O3. The molecule has 28 heavy (non-hydrogen) atoms. The summed E-state index contributed by atoms with van der Waals surface area (Å²) in [5.74, 6) is 0.988. The highest BCUT2D eigenvalue weighted by molar-refractivity contribution is 5.94. The number of carbonyl (C=O) groups is 1. The van der Waals surface area contributed by atoms with Gasteiger partial charge in [-0.05, 0) is 65.8 Å². The average Bonchev–Trinajstić information content (AvgIpc) is 3.09. The Morgan fingerprint density at radius 3 is 2.54 bits per heavy atom. The largest absolute Gasteiger partial charge is 0.483 e. The van der Waals surface area contributed by atoms with Crippen molar-refractivity contribution in [3.63, 3.8) is 0 Å².